The van der Waals surface area contributed by atoms with Gasteiger partial charge in [-0.3, -0.25) is 29.4 Å². The molecule has 1 atom stereocenters. The summed E-state index contributed by atoms with van der Waals surface area (Å²) < 4.78 is 30.8. The predicted molar refractivity (Wildman–Crippen MR) is 130 cm³/mol. The summed E-state index contributed by atoms with van der Waals surface area (Å²) in [5.41, 5.74) is 1.88. The number of anilines is 1. The van der Waals surface area contributed by atoms with Crippen LogP contribution in [0.2, 0.25) is 0 Å². The quantitative estimate of drug-likeness (QED) is 0.603. The van der Waals surface area contributed by atoms with E-state index in [4.69, 9.17) is 0 Å². The minimum atomic E-state index is -0.876. The van der Waals surface area contributed by atoms with Crippen molar-refractivity contribution in [2.24, 2.45) is 0 Å². The fourth-order valence-electron chi connectivity index (χ4n) is 5.56. The molecule has 3 heterocycles. The van der Waals surface area contributed by atoms with E-state index in [1.54, 1.807) is 0 Å². The molecule has 8 nitrogen and oxygen atoms in total. The summed E-state index contributed by atoms with van der Waals surface area (Å²) in [6, 6.07) is 7.81. The minimum absolute atomic E-state index is 0.0102. The molecule has 4 amide bonds. The number of piperidine rings is 2. The van der Waals surface area contributed by atoms with Gasteiger partial charge in [-0.1, -0.05) is 12.1 Å². The van der Waals surface area contributed by atoms with Crippen LogP contribution in [0.3, 0.4) is 0 Å². The lowest BCUT2D eigenvalue weighted by atomic mass is 9.86. The average Bonchev–Trinajstić information content (AvgIpc) is 3.17. The molecule has 3 aliphatic rings. The Morgan fingerprint density at radius 1 is 1.08 bits per heavy atom. The maximum Gasteiger partial charge on any atom is 0.255 e. The molecule has 2 N–H and O–H groups in total. The number of carbonyl (C=O) groups excluding carboxylic acids is 4. The number of hydrogen-bond donors (Lipinski definition) is 2. The average molecular weight is 511 g/mol. The van der Waals surface area contributed by atoms with E-state index < -0.39 is 35.4 Å². The molecule has 0 spiro atoms. The van der Waals surface area contributed by atoms with Crippen molar-refractivity contribution in [1.82, 2.24) is 15.1 Å². The first-order chi connectivity index (χ1) is 17.7. The van der Waals surface area contributed by atoms with E-state index >= 15 is 8.78 Å². The van der Waals surface area contributed by atoms with Crippen molar-refractivity contribution in [2.45, 2.75) is 57.7 Å². The van der Waals surface area contributed by atoms with Gasteiger partial charge in [0.2, 0.25) is 17.7 Å². The van der Waals surface area contributed by atoms with Crippen LogP contribution in [0.4, 0.5) is 14.5 Å². The molecule has 2 fully saturated rings. The van der Waals surface area contributed by atoms with Crippen LogP contribution in [0.15, 0.2) is 30.3 Å². The van der Waals surface area contributed by atoms with E-state index in [0.717, 1.165) is 17.3 Å². The lowest BCUT2D eigenvalue weighted by Gasteiger charge is -2.32. The Hall–Kier alpha value is -3.66. The molecule has 0 aliphatic carbocycles. The van der Waals surface area contributed by atoms with Gasteiger partial charge >= 0.3 is 0 Å². The number of benzene rings is 2. The van der Waals surface area contributed by atoms with Crippen LogP contribution in [0, 0.1) is 11.6 Å². The van der Waals surface area contributed by atoms with Gasteiger partial charge < -0.3 is 10.2 Å². The first-order valence-corrected chi connectivity index (χ1v) is 12.5. The highest BCUT2D eigenvalue weighted by atomic mass is 19.1. The van der Waals surface area contributed by atoms with Gasteiger partial charge in [-0.15, -0.1) is 0 Å². The van der Waals surface area contributed by atoms with E-state index in [1.165, 1.54) is 11.8 Å². The van der Waals surface area contributed by atoms with Crippen molar-refractivity contribution in [3.8, 4) is 0 Å². The van der Waals surface area contributed by atoms with Crippen molar-refractivity contribution in [1.29, 1.82) is 0 Å². The zero-order valence-electron chi connectivity index (χ0n) is 20.5. The Labute approximate surface area is 213 Å². The van der Waals surface area contributed by atoms with Crippen LogP contribution in [-0.4, -0.2) is 52.6 Å². The molecule has 0 saturated carbocycles. The van der Waals surface area contributed by atoms with Crippen LogP contribution < -0.4 is 10.6 Å². The number of nitrogens with zero attached hydrogens (tertiary/aromatic N) is 2. The zero-order chi connectivity index (χ0) is 26.3. The Balaban J connectivity index is 1.26. The molecular formula is C27H28F2N4O4. The second-order valence-electron chi connectivity index (χ2n) is 9.94. The Kier molecular flexibility index (Phi) is 6.76. The Bertz CT molecular complexity index is 1270. The predicted octanol–water partition coefficient (Wildman–Crippen LogP) is 3.06. The molecular weight excluding hydrogens is 482 g/mol. The van der Waals surface area contributed by atoms with Crippen molar-refractivity contribution in [2.75, 3.05) is 18.4 Å². The standard InChI is InChI=1S/C27H28F2N4O4/c1-15(34)30-18-4-2-16(3-5-18)13-32-10-8-17(9-11-32)24-21(28)12-19-20(25(24)29)14-33(27(19)37)22-6-7-23(35)31-26(22)36/h2-5,12,17,22H,6-11,13-14H2,1H3,(H,30,34)(H,31,35,36). The minimum Gasteiger partial charge on any atom is -0.326 e. The second-order valence-corrected chi connectivity index (χ2v) is 9.94. The summed E-state index contributed by atoms with van der Waals surface area (Å²) in [4.78, 5) is 51.3. The van der Waals surface area contributed by atoms with Crippen molar-refractivity contribution in [3.05, 3.63) is 64.2 Å². The number of amides is 4. The van der Waals surface area contributed by atoms with E-state index in [1.807, 2.05) is 24.3 Å². The molecule has 2 saturated heterocycles. The van der Waals surface area contributed by atoms with Crippen LogP contribution in [0.25, 0.3) is 0 Å². The van der Waals surface area contributed by atoms with Gasteiger partial charge in [0.25, 0.3) is 5.91 Å². The third kappa shape index (κ3) is 4.98. The summed E-state index contributed by atoms with van der Waals surface area (Å²) in [7, 11) is 0. The highest BCUT2D eigenvalue weighted by molar-refractivity contribution is 6.05. The molecule has 10 heteroatoms. The normalized spacial score (nSPS) is 20.7. The van der Waals surface area contributed by atoms with Gasteiger partial charge in [-0.05, 0) is 62.0 Å². The molecule has 0 aromatic heterocycles. The van der Waals surface area contributed by atoms with E-state index in [2.05, 4.69) is 15.5 Å². The summed E-state index contributed by atoms with van der Waals surface area (Å²) in [6.07, 6.45) is 1.40. The van der Waals surface area contributed by atoms with Crippen molar-refractivity contribution in [3.63, 3.8) is 0 Å². The lowest BCUT2D eigenvalue weighted by Crippen LogP contribution is -2.52. The summed E-state index contributed by atoms with van der Waals surface area (Å²) in [6.45, 7) is 3.35. The SMILES string of the molecule is CC(=O)Nc1ccc(CN2CCC(c3c(F)cc4c(c3F)CN(C3CCC(=O)NC3=O)C4=O)CC2)cc1. The number of carbonyl (C=O) groups is 4. The van der Waals surface area contributed by atoms with Gasteiger partial charge in [0.05, 0.1) is 12.1 Å². The van der Waals surface area contributed by atoms with E-state index in [-0.39, 0.29) is 47.9 Å². The molecule has 37 heavy (non-hydrogen) atoms. The highest BCUT2D eigenvalue weighted by Gasteiger charge is 2.42. The van der Waals surface area contributed by atoms with Gasteiger partial charge in [-0.25, -0.2) is 8.78 Å². The maximum absolute atomic E-state index is 15.6. The van der Waals surface area contributed by atoms with Gasteiger partial charge in [0.1, 0.15) is 17.7 Å². The number of imide groups is 1. The number of nitrogens with one attached hydrogen (secondary N) is 2. The number of halogens is 2. The number of rotatable bonds is 5. The lowest BCUT2D eigenvalue weighted by molar-refractivity contribution is -0.137. The van der Waals surface area contributed by atoms with E-state index in [9.17, 15) is 19.2 Å². The van der Waals surface area contributed by atoms with Crippen molar-refractivity contribution >= 4 is 29.3 Å². The summed E-state index contributed by atoms with van der Waals surface area (Å²) in [5.74, 6) is -3.47. The van der Waals surface area contributed by atoms with E-state index in [0.29, 0.717) is 32.5 Å². The van der Waals surface area contributed by atoms with Crippen LogP contribution >= 0.6 is 0 Å². The third-order valence-electron chi connectivity index (χ3n) is 7.44. The number of likely N-dealkylation sites (tertiary alicyclic amines) is 1. The number of fused-ring (bicyclic) bond motifs is 1. The molecule has 3 aliphatic heterocycles. The van der Waals surface area contributed by atoms with Crippen LogP contribution in [-0.2, 0) is 27.5 Å². The largest absolute Gasteiger partial charge is 0.326 e. The summed E-state index contributed by atoms with van der Waals surface area (Å²) in [5, 5.41) is 4.95. The molecule has 5 rings (SSSR count). The summed E-state index contributed by atoms with van der Waals surface area (Å²) >= 11 is 0. The first kappa shape index (κ1) is 25.0. The Morgan fingerprint density at radius 3 is 2.43 bits per heavy atom. The highest BCUT2D eigenvalue weighted by Crippen LogP contribution is 2.38. The third-order valence-corrected chi connectivity index (χ3v) is 7.44. The maximum atomic E-state index is 15.6. The fourth-order valence-corrected chi connectivity index (χ4v) is 5.56. The van der Waals surface area contributed by atoms with Crippen LogP contribution in [0.1, 0.15) is 65.6 Å². The molecule has 0 bridgehead atoms. The van der Waals surface area contributed by atoms with Crippen LogP contribution in [0.5, 0.6) is 0 Å². The first-order valence-electron chi connectivity index (χ1n) is 12.5. The number of hydrogen-bond acceptors (Lipinski definition) is 5. The molecule has 194 valence electrons. The Morgan fingerprint density at radius 2 is 1.78 bits per heavy atom. The molecule has 2 aromatic carbocycles. The second kappa shape index (κ2) is 10.0. The monoisotopic (exact) mass is 510 g/mol. The van der Waals surface area contributed by atoms with Gasteiger partial charge in [0.15, 0.2) is 0 Å². The van der Waals surface area contributed by atoms with Crippen molar-refractivity contribution < 1.29 is 28.0 Å². The van der Waals surface area contributed by atoms with Gasteiger partial charge in [-0.2, -0.15) is 0 Å². The zero-order valence-corrected chi connectivity index (χ0v) is 20.5. The van der Waals surface area contributed by atoms with Gasteiger partial charge in [0, 0.05) is 36.7 Å². The topological polar surface area (TPSA) is 98.8 Å². The fraction of sp³-hybridized carbons (Fsp3) is 0.407. The molecule has 2 aromatic rings. The smallest absolute Gasteiger partial charge is 0.255 e. The molecule has 1 unspecified atom stereocenters. The molecule has 0 radical (unpaired) electrons.